The van der Waals surface area contributed by atoms with E-state index in [-0.39, 0.29) is 23.5 Å². The third kappa shape index (κ3) is 4.84. The molecule has 1 aliphatic heterocycles. The predicted octanol–water partition coefficient (Wildman–Crippen LogP) is 4.82. The number of hydrogen-bond acceptors (Lipinski definition) is 4. The smallest absolute Gasteiger partial charge is 0.289 e. The van der Waals surface area contributed by atoms with Crippen LogP contribution < -0.4 is 4.74 Å². The van der Waals surface area contributed by atoms with Gasteiger partial charge in [0.2, 0.25) is 0 Å². The Bertz CT molecular complexity index is 844. The van der Waals surface area contributed by atoms with Gasteiger partial charge in [0.25, 0.3) is 5.91 Å². The maximum absolute atomic E-state index is 12.9. The van der Waals surface area contributed by atoms with Gasteiger partial charge in [0.1, 0.15) is 11.5 Å². The molecule has 1 fully saturated rings. The first kappa shape index (κ1) is 21.4. The van der Waals surface area contributed by atoms with Crippen LogP contribution in [0.15, 0.2) is 34.7 Å². The largest absolute Gasteiger partial charge is 0.496 e. The van der Waals surface area contributed by atoms with E-state index in [1.165, 1.54) is 5.56 Å². The van der Waals surface area contributed by atoms with Crippen LogP contribution in [0.3, 0.4) is 0 Å². The molecule has 0 unspecified atom stereocenters. The third-order valence-corrected chi connectivity index (χ3v) is 5.89. The summed E-state index contributed by atoms with van der Waals surface area (Å²) in [4.78, 5) is 14.7. The van der Waals surface area contributed by atoms with Gasteiger partial charge in [-0.3, -0.25) is 4.79 Å². The summed E-state index contributed by atoms with van der Waals surface area (Å²) in [5, 5.41) is 0. The molecular weight excluding hydrogens is 366 g/mol. The van der Waals surface area contributed by atoms with Gasteiger partial charge in [0.15, 0.2) is 5.76 Å². The van der Waals surface area contributed by atoms with Crippen LogP contribution in [-0.4, -0.2) is 43.2 Å². The van der Waals surface area contributed by atoms with Gasteiger partial charge < -0.3 is 18.8 Å². The summed E-state index contributed by atoms with van der Waals surface area (Å²) in [7, 11) is 1.68. The van der Waals surface area contributed by atoms with E-state index in [9.17, 15) is 4.79 Å². The molecule has 1 aromatic carbocycles. The Morgan fingerprint density at radius 1 is 1.17 bits per heavy atom. The van der Waals surface area contributed by atoms with Gasteiger partial charge in [-0.05, 0) is 49.4 Å². The average Bonchev–Trinajstić information content (AvgIpc) is 3.15. The SMILES string of the molecule is CCC(C)(C)c1ccc(OC)c(Cc2ccc(C(=O)N3C[C@@H](C)O[C@@H](C)C3)o2)c1. The quantitative estimate of drug-likeness (QED) is 0.699. The highest BCUT2D eigenvalue weighted by molar-refractivity contribution is 5.91. The van der Waals surface area contributed by atoms with Crippen molar-refractivity contribution in [3.05, 3.63) is 53.0 Å². The fraction of sp³-hybridized carbons (Fsp3) is 0.542. The number of hydrogen-bond donors (Lipinski definition) is 0. The number of morpholine rings is 1. The molecule has 1 amide bonds. The van der Waals surface area contributed by atoms with Gasteiger partial charge in [-0.2, -0.15) is 0 Å². The molecule has 2 heterocycles. The summed E-state index contributed by atoms with van der Waals surface area (Å²) in [6, 6.07) is 10.0. The Hall–Kier alpha value is -2.27. The zero-order valence-corrected chi connectivity index (χ0v) is 18.5. The molecule has 0 N–H and O–H groups in total. The summed E-state index contributed by atoms with van der Waals surface area (Å²) in [5.74, 6) is 1.89. The summed E-state index contributed by atoms with van der Waals surface area (Å²) in [6.07, 6.45) is 1.70. The highest BCUT2D eigenvalue weighted by Crippen LogP contribution is 2.32. The van der Waals surface area contributed by atoms with E-state index in [2.05, 4.69) is 32.9 Å². The number of methoxy groups -OCH3 is 1. The zero-order valence-electron chi connectivity index (χ0n) is 18.5. The molecule has 0 saturated carbocycles. The highest BCUT2D eigenvalue weighted by atomic mass is 16.5. The number of amides is 1. The lowest BCUT2D eigenvalue weighted by Crippen LogP contribution is -2.48. The molecule has 5 heteroatoms. The lowest BCUT2D eigenvalue weighted by molar-refractivity contribution is -0.0592. The summed E-state index contributed by atoms with van der Waals surface area (Å²) in [5.41, 5.74) is 2.43. The van der Waals surface area contributed by atoms with Crippen molar-refractivity contribution in [1.29, 1.82) is 0 Å². The monoisotopic (exact) mass is 399 g/mol. The van der Waals surface area contributed by atoms with E-state index in [4.69, 9.17) is 13.9 Å². The molecule has 2 aromatic rings. The standard InChI is InChI=1S/C24H33NO4/c1-7-24(4,5)19-8-10-21(27-6)18(12-19)13-20-9-11-22(29-20)23(26)25-14-16(2)28-17(3)15-25/h8-12,16-17H,7,13-15H2,1-6H3/t16-,17+. The summed E-state index contributed by atoms with van der Waals surface area (Å²) in [6.45, 7) is 11.8. The van der Waals surface area contributed by atoms with Crippen molar-refractivity contribution < 1.29 is 18.7 Å². The van der Waals surface area contributed by atoms with Crippen LogP contribution in [-0.2, 0) is 16.6 Å². The van der Waals surface area contributed by atoms with E-state index >= 15 is 0 Å². The van der Waals surface area contributed by atoms with E-state index < -0.39 is 0 Å². The number of ether oxygens (including phenoxy) is 2. The lowest BCUT2D eigenvalue weighted by atomic mass is 9.81. The number of carbonyl (C=O) groups excluding carboxylic acids is 1. The molecular formula is C24H33NO4. The number of carbonyl (C=O) groups is 1. The Morgan fingerprint density at radius 3 is 2.48 bits per heavy atom. The van der Waals surface area contributed by atoms with E-state index in [1.807, 2.05) is 30.9 Å². The Morgan fingerprint density at radius 2 is 1.86 bits per heavy atom. The second-order valence-electron chi connectivity index (χ2n) is 8.67. The molecule has 5 nitrogen and oxygen atoms in total. The van der Waals surface area contributed by atoms with Crippen LogP contribution in [0.4, 0.5) is 0 Å². The summed E-state index contributed by atoms with van der Waals surface area (Å²) >= 11 is 0. The van der Waals surface area contributed by atoms with Crippen molar-refractivity contribution in [2.75, 3.05) is 20.2 Å². The maximum Gasteiger partial charge on any atom is 0.289 e. The van der Waals surface area contributed by atoms with Crippen LogP contribution in [0.25, 0.3) is 0 Å². The van der Waals surface area contributed by atoms with Gasteiger partial charge in [-0.1, -0.05) is 32.9 Å². The molecule has 0 radical (unpaired) electrons. The molecule has 3 rings (SSSR count). The van der Waals surface area contributed by atoms with Crippen molar-refractivity contribution in [3.63, 3.8) is 0 Å². The second kappa shape index (κ2) is 8.62. The van der Waals surface area contributed by atoms with E-state index in [1.54, 1.807) is 13.2 Å². The van der Waals surface area contributed by atoms with Crippen molar-refractivity contribution in [3.8, 4) is 5.75 Å². The fourth-order valence-electron chi connectivity index (χ4n) is 3.82. The van der Waals surface area contributed by atoms with Crippen LogP contribution in [0, 0.1) is 0 Å². The third-order valence-electron chi connectivity index (χ3n) is 5.89. The Labute approximate surface area is 174 Å². The van der Waals surface area contributed by atoms with Gasteiger partial charge in [0, 0.05) is 25.1 Å². The molecule has 2 atom stereocenters. The average molecular weight is 400 g/mol. The first-order chi connectivity index (χ1) is 13.7. The Kier molecular flexibility index (Phi) is 6.37. The fourth-order valence-corrected chi connectivity index (χ4v) is 3.82. The maximum atomic E-state index is 12.9. The van der Waals surface area contributed by atoms with E-state index in [0.29, 0.717) is 25.3 Å². The van der Waals surface area contributed by atoms with Gasteiger partial charge >= 0.3 is 0 Å². The first-order valence-corrected chi connectivity index (χ1v) is 10.4. The predicted molar refractivity (Wildman–Crippen MR) is 114 cm³/mol. The van der Waals surface area contributed by atoms with E-state index in [0.717, 1.165) is 23.5 Å². The molecule has 158 valence electrons. The Balaban J connectivity index is 1.79. The lowest BCUT2D eigenvalue weighted by Gasteiger charge is -2.34. The minimum absolute atomic E-state index is 0.0334. The molecule has 0 spiro atoms. The minimum atomic E-state index is -0.0777. The molecule has 0 bridgehead atoms. The molecule has 1 aromatic heterocycles. The number of rotatable bonds is 6. The normalized spacial score (nSPS) is 20.0. The second-order valence-corrected chi connectivity index (χ2v) is 8.67. The van der Waals surface area contributed by atoms with Crippen molar-refractivity contribution in [2.24, 2.45) is 0 Å². The van der Waals surface area contributed by atoms with Gasteiger partial charge in [0.05, 0.1) is 19.3 Å². The highest BCUT2D eigenvalue weighted by Gasteiger charge is 2.28. The number of benzene rings is 1. The first-order valence-electron chi connectivity index (χ1n) is 10.4. The number of furan rings is 1. The molecule has 1 aliphatic rings. The topological polar surface area (TPSA) is 51.9 Å². The van der Waals surface area contributed by atoms with Crippen molar-refractivity contribution in [1.82, 2.24) is 4.90 Å². The number of nitrogens with zero attached hydrogens (tertiary/aromatic N) is 1. The van der Waals surface area contributed by atoms with Crippen LogP contribution in [0.5, 0.6) is 5.75 Å². The van der Waals surface area contributed by atoms with Crippen molar-refractivity contribution in [2.45, 2.75) is 65.1 Å². The van der Waals surface area contributed by atoms with Crippen LogP contribution in [0.1, 0.15) is 68.5 Å². The van der Waals surface area contributed by atoms with Crippen LogP contribution >= 0.6 is 0 Å². The van der Waals surface area contributed by atoms with Gasteiger partial charge in [-0.15, -0.1) is 0 Å². The van der Waals surface area contributed by atoms with Crippen LogP contribution in [0.2, 0.25) is 0 Å². The zero-order chi connectivity index (χ0) is 21.2. The minimum Gasteiger partial charge on any atom is -0.496 e. The molecule has 29 heavy (non-hydrogen) atoms. The van der Waals surface area contributed by atoms with Crippen molar-refractivity contribution >= 4 is 5.91 Å². The molecule has 0 aliphatic carbocycles. The van der Waals surface area contributed by atoms with Gasteiger partial charge in [-0.25, -0.2) is 0 Å². The summed E-state index contributed by atoms with van der Waals surface area (Å²) < 4.78 is 17.2. The molecule has 1 saturated heterocycles.